The van der Waals surface area contributed by atoms with Crippen LogP contribution in [0.4, 0.5) is 0 Å². The van der Waals surface area contributed by atoms with E-state index >= 15 is 0 Å². The zero-order valence-electron chi connectivity index (χ0n) is 9.62. The van der Waals surface area contributed by atoms with Gasteiger partial charge in [-0.3, -0.25) is 0 Å². The molecule has 0 fully saturated rings. The number of allylic oxidation sites excluding steroid dienone is 4. The molecule has 0 heterocycles. The molecule has 3 nitrogen and oxygen atoms in total. The number of benzene rings is 1. The molecule has 18 heavy (non-hydrogen) atoms. The lowest BCUT2D eigenvalue weighted by Gasteiger charge is -2.17. The van der Waals surface area contributed by atoms with Gasteiger partial charge in [-0.2, -0.15) is 0 Å². The van der Waals surface area contributed by atoms with Gasteiger partial charge in [0.15, 0.2) is 0 Å². The first kappa shape index (κ1) is 12.6. The highest BCUT2D eigenvalue weighted by Crippen LogP contribution is 2.23. The molecule has 4 heteroatoms. The number of hydrogen-bond donors (Lipinski definition) is 0. The van der Waals surface area contributed by atoms with Crippen LogP contribution >= 0.6 is 11.6 Å². The number of carbonyl (C=O) groups excluding carboxylic acids is 1. The van der Waals surface area contributed by atoms with Crippen molar-refractivity contribution in [1.29, 1.82) is 0 Å². The van der Waals surface area contributed by atoms with E-state index in [1.807, 2.05) is 24.3 Å². The summed E-state index contributed by atoms with van der Waals surface area (Å²) in [5, 5.41) is 3.65. The Morgan fingerprint density at radius 2 is 2.11 bits per heavy atom. The summed E-state index contributed by atoms with van der Waals surface area (Å²) in [5.41, 5.74) is 0.456. The number of rotatable bonds is 3. The van der Waals surface area contributed by atoms with E-state index < -0.39 is 10.8 Å². The molecular weight excluding hydrogens is 250 g/mol. The largest absolute Gasteiger partial charge is 0.365 e. The second kappa shape index (κ2) is 5.65. The van der Waals surface area contributed by atoms with Gasteiger partial charge in [0.05, 0.1) is 11.8 Å². The van der Waals surface area contributed by atoms with Crippen molar-refractivity contribution < 1.29 is 9.63 Å². The Balaban J connectivity index is 1.94. The van der Waals surface area contributed by atoms with Gasteiger partial charge in [0.25, 0.3) is 0 Å². The molecule has 1 aliphatic rings. The van der Waals surface area contributed by atoms with E-state index in [0.29, 0.717) is 12.0 Å². The molecule has 1 aliphatic carbocycles. The molecule has 0 N–H and O–H groups in total. The van der Waals surface area contributed by atoms with Gasteiger partial charge in [-0.15, -0.1) is 11.6 Å². The van der Waals surface area contributed by atoms with Crippen LogP contribution in [-0.2, 0) is 4.84 Å². The Kier molecular flexibility index (Phi) is 3.95. The minimum absolute atomic E-state index is 0.456. The van der Waals surface area contributed by atoms with Gasteiger partial charge >= 0.3 is 5.97 Å². The zero-order valence-corrected chi connectivity index (χ0v) is 10.4. The average molecular weight is 262 g/mol. The van der Waals surface area contributed by atoms with Crippen molar-refractivity contribution in [3.05, 3.63) is 60.2 Å². The Bertz CT molecular complexity index is 508. The summed E-state index contributed by atoms with van der Waals surface area (Å²) >= 11 is 6.23. The molecule has 0 aromatic heterocycles. The van der Waals surface area contributed by atoms with Crippen LogP contribution in [-0.4, -0.2) is 17.1 Å². The van der Waals surface area contributed by atoms with E-state index in [0.717, 1.165) is 0 Å². The van der Waals surface area contributed by atoms with Gasteiger partial charge in [-0.05, 0) is 18.6 Å². The molecule has 0 spiro atoms. The molecule has 0 amide bonds. The van der Waals surface area contributed by atoms with E-state index in [-0.39, 0.29) is 0 Å². The summed E-state index contributed by atoms with van der Waals surface area (Å²) < 4.78 is 0. The smallest absolute Gasteiger partial charge is 0.313 e. The molecular formula is C14H12ClNO2. The topological polar surface area (TPSA) is 38.7 Å². The fraction of sp³-hybridized carbons (Fsp3) is 0.143. The van der Waals surface area contributed by atoms with Crippen LogP contribution in [0.5, 0.6) is 0 Å². The first-order valence-corrected chi connectivity index (χ1v) is 5.92. The van der Waals surface area contributed by atoms with Crippen LogP contribution in [0.2, 0.25) is 0 Å². The van der Waals surface area contributed by atoms with Crippen molar-refractivity contribution in [1.82, 2.24) is 0 Å². The third-order valence-electron chi connectivity index (χ3n) is 2.46. The van der Waals surface area contributed by atoms with Crippen LogP contribution in [0.25, 0.3) is 0 Å². The molecule has 0 radical (unpaired) electrons. The van der Waals surface area contributed by atoms with Crippen molar-refractivity contribution in [2.24, 2.45) is 5.16 Å². The molecule has 1 aromatic carbocycles. The number of nitrogens with zero attached hydrogens (tertiary/aromatic N) is 1. The van der Waals surface area contributed by atoms with E-state index in [1.54, 1.807) is 30.3 Å². The van der Waals surface area contributed by atoms with E-state index in [4.69, 9.17) is 16.4 Å². The summed E-state index contributed by atoms with van der Waals surface area (Å²) in [6.07, 6.45) is 9.52. The summed E-state index contributed by atoms with van der Waals surface area (Å²) in [6, 6.07) is 8.68. The molecule has 92 valence electrons. The third kappa shape index (κ3) is 3.31. The van der Waals surface area contributed by atoms with Crippen LogP contribution in [0.3, 0.4) is 0 Å². The standard InChI is InChI=1S/C14H12ClNO2/c15-14(9-5-2-6-10-14)11-16-18-13(17)12-7-3-1-4-8-12/h1-9,11H,10H2/b16-11+. The van der Waals surface area contributed by atoms with Crippen molar-refractivity contribution in [3.63, 3.8) is 0 Å². The van der Waals surface area contributed by atoms with Crippen molar-refractivity contribution >= 4 is 23.8 Å². The molecule has 1 atom stereocenters. The van der Waals surface area contributed by atoms with E-state index in [1.165, 1.54) is 6.21 Å². The first-order valence-electron chi connectivity index (χ1n) is 5.54. The van der Waals surface area contributed by atoms with Gasteiger partial charge in [0.2, 0.25) is 0 Å². The molecule has 0 saturated carbocycles. The van der Waals surface area contributed by atoms with Crippen molar-refractivity contribution in [3.8, 4) is 0 Å². The lowest BCUT2D eigenvalue weighted by Crippen LogP contribution is -2.21. The third-order valence-corrected chi connectivity index (χ3v) is 2.84. The van der Waals surface area contributed by atoms with E-state index in [2.05, 4.69) is 5.16 Å². The second-order valence-corrected chi connectivity index (χ2v) is 4.60. The van der Waals surface area contributed by atoms with Gasteiger partial charge < -0.3 is 4.84 Å². The number of carbonyl (C=O) groups is 1. The number of hydrogen-bond acceptors (Lipinski definition) is 3. The minimum atomic E-state index is -0.703. The van der Waals surface area contributed by atoms with Crippen molar-refractivity contribution in [2.45, 2.75) is 11.3 Å². The van der Waals surface area contributed by atoms with Crippen LogP contribution < -0.4 is 0 Å². The van der Waals surface area contributed by atoms with Gasteiger partial charge in [-0.1, -0.05) is 47.7 Å². The maximum atomic E-state index is 11.6. The highest BCUT2D eigenvalue weighted by Gasteiger charge is 2.21. The number of alkyl halides is 1. The van der Waals surface area contributed by atoms with Gasteiger partial charge in [0.1, 0.15) is 4.87 Å². The maximum Gasteiger partial charge on any atom is 0.365 e. The van der Waals surface area contributed by atoms with Crippen LogP contribution in [0.1, 0.15) is 16.8 Å². The lowest BCUT2D eigenvalue weighted by atomic mass is 10.0. The molecule has 0 aliphatic heterocycles. The number of oxime groups is 1. The van der Waals surface area contributed by atoms with Crippen molar-refractivity contribution in [2.75, 3.05) is 0 Å². The summed E-state index contributed by atoms with van der Waals surface area (Å²) in [6.45, 7) is 0. The summed E-state index contributed by atoms with van der Waals surface area (Å²) in [5.74, 6) is -0.498. The summed E-state index contributed by atoms with van der Waals surface area (Å²) in [4.78, 5) is 15.7. The second-order valence-electron chi connectivity index (χ2n) is 3.90. The highest BCUT2D eigenvalue weighted by molar-refractivity contribution is 6.34. The minimum Gasteiger partial charge on any atom is -0.313 e. The Morgan fingerprint density at radius 1 is 1.33 bits per heavy atom. The lowest BCUT2D eigenvalue weighted by molar-refractivity contribution is 0.0518. The quantitative estimate of drug-likeness (QED) is 0.362. The summed E-state index contributed by atoms with van der Waals surface area (Å²) in [7, 11) is 0. The van der Waals surface area contributed by atoms with Crippen LogP contribution in [0, 0.1) is 0 Å². The van der Waals surface area contributed by atoms with Gasteiger partial charge in [0, 0.05) is 0 Å². The monoisotopic (exact) mass is 261 g/mol. The molecule has 1 aromatic rings. The van der Waals surface area contributed by atoms with Crippen LogP contribution in [0.15, 0.2) is 59.8 Å². The average Bonchev–Trinajstić information content (AvgIpc) is 2.40. The molecule has 1 unspecified atom stereocenters. The fourth-order valence-electron chi connectivity index (χ4n) is 1.50. The predicted octanol–water partition coefficient (Wildman–Crippen LogP) is 3.32. The van der Waals surface area contributed by atoms with Gasteiger partial charge in [-0.25, -0.2) is 4.79 Å². The van der Waals surface area contributed by atoms with E-state index in [9.17, 15) is 4.79 Å². The maximum absolute atomic E-state index is 11.6. The fourth-order valence-corrected chi connectivity index (χ4v) is 1.70. The first-order chi connectivity index (χ1) is 8.70. The number of halogens is 1. The zero-order chi connectivity index (χ0) is 12.8. The highest BCUT2D eigenvalue weighted by atomic mass is 35.5. The predicted molar refractivity (Wildman–Crippen MR) is 71.8 cm³/mol. The Morgan fingerprint density at radius 3 is 2.78 bits per heavy atom. The molecule has 2 rings (SSSR count). The normalized spacial score (nSPS) is 22.3. The molecule has 0 bridgehead atoms. The molecule has 0 saturated heterocycles. The Labute approximate surface area is 110 Å². The SMILES string of the molecule is O=C(O/N=C/C1(Cl)C=CC=CC1)c1ccccc1. The Hall–Kier alpha value is -1.87.